The molecule has 0 aliphatic carbocycles. The average molecular weight is 442 g/mol. The summed E-state index contributed by atoms with van der Waals surface area (Å²) in [6.45, 7) is 4.78. The molecular formula is C26H27N5O2. The van der Waals surface area contributed by atoms with Crippen LogP contribution >= 0.6 is 0 Å². The number of benzene rings is 2. The Morgan fingerprint density at radius 3 is 2.73 bits per heavy atom. The number of carbonyl (C=O) groups excluding carboxylic acids is 1. The van der Waals surface area contributed by atoms with Gasteiger partial charge in [-0.1, -0.05) is 30.3 Å². The topological polar surface area (TPSA) is 94.1 Å². The number of fused-ring (bicyclic) bond motifs is 1. The van der Waals surface area contributed by atoms with Gasteiger partial charge in [-0.3, -0.25) is 14.8 Å². The fourth-order valence-corrected chi connectivity index (χ4v) is 4.54. The molecule has 7 heteroatoms. The number of hydrogen-bond acceptors (Lipinski definition) is 6. The lowest BCUT2D eigenvalue weighted by Crippen LogP contribution is -2.52. The monoisotopic (exact) mass is 441 g/mol. The third-order valence-corrected chi connectivity index (χ3v) is 6.20. The Balaban J connectivity index is 1.38. The van der Waals surface area contributed by atoms with Crippen LogP contribution in [-0.2, 0) is 6.42 Å². The maximum absolute atomic E-state index is 13.5. The zero-order valence-electron chi connectivity index (χ0n) is 18.6. The molecule has 3 N–H and O–H groups in total. The molecule has 0 radical (unpaired) electrons. The molecule has 2 aromatic heterocycles. The first-order chi connectivity index (χ1) is 16.1. The van der Waals surface area contributed by atoms with Crippen LogP contribution in [0.1, 0.15) is 21.6 Å². The van der Waals surface area contributed by atoms with Gasteiger partial charge < -0.3 is 10.4 Å². The van der Waals surface area contributed by atoms with Gasteiger partial charge in [-0.15, -0.1) is 0 Å². The highest BCUT2D eigenvalue weighted by atomic mass is 16.3. The van der Waals surface area contributed by atoms with Crippen molar-refractivity contribution in [1.29, 1.82) is 0 Å². The summed E-state index contributed by atoms with van der Waals surface area (Å²) in [6.07, 6.45) is 0.941. The summed E-state index contributed by atoms with van der Waals surface area (Å²) in [5.41, 5.74) is 4.79. The highest BCUT2D eigenvalue weighted by molar-refractivity contribution is 6.09. The second-order valence-electron chi connectivity index (χ2n) is 8.65. The first-order valence-corrected chi connectivity index (χ1v) is 11.2. The molecule has 0 spiro atoms. The number of phenolic OH excluding ortho intramolecular Hbond substituents is 1. The number of Topliss-reactive ketones (excluding diaryl/α,β-unsaturated/α-hetero) is 1. The van der Waals surface area contributed by atoms with E-state index in [0.29, 0.717) is 29.5 Å². The van der Waals surface area contributed by atoms with Crippen LogP contribution < -0.4 is 5.32 Å². The first-order valence-electron chi connectivity index (χ1n) is 11.2. The first kappa shape index (κ1) is 21.3. The van der Waals surface area contributed by atoms with E-state index in [-0.39, 0.29) is 11.5 Å². The number of piperazine rings is 1. The van der Waals surface area contributed by atoms with Crippen LogP contribution in [0.4, 0.5) is 0 Å². The van der Waals surface area contributed by atoms with Gasteiger partial charge in [-0.2, -0.15) is 5.10 Å². The number of ketones is 1. The summed E-state index contributed by atoms with van der Waals surface area (Å²) >= 11 is 0. The summed E-state index contributed by atoms with van der Waals surface area (Å²) in [7, 11) is 0. The molecule has 0 bridgehead atoms. The molecule has 0 saturated carbocycles. The number of hydrogen-bond donors (Lipinski definition) is 3. The van der Waals surface area contributed by atoms with Crippen molar-refractivity contribution in [2.24, 2.45) is 0 Å². The Morgan fingerprint density at radius 1 is 1.15 bits per heavy atom. The molecule has 1 fully saturated rings. The number of H-pyrrole nitrogens is 1. The van der Waals surface area contributed by atoms with Gasteiger partial charge in [0.1, 0.15) is 5.75 Å². The molecule has 168 valence electrons. The minimum Gasteiger partial charge on any atom is -0.508 e. The normalized spacial score (nSPS) is 16.8. The number of phenols is 1. The van der Waals surface area contributed by atoms with Crippen molar-refractivity contribution in [3.8, 4) is 17.0 Å². The smallest absolute Gasteiger partial charge is 0.182 e. The van der Waals surface area contributed by atoms with Crippen molar-refractivity contribution in [2.45, 2.75) is 19.4 Å². The van der Waals surface area contributed by atoms with Crippen molar-refractivity contribution >= 4 is 16.8 Å². The van der Waals surface area contributed by atoms with Crippen LogP contribution in [0.3, 0.4) is 0 Å². The molecule has 4 aromatic rings. The molecule has 7 nitrogen and oxygen atoms in total. The Kier molecular flexibility index (Phi) is 5.90. The van der Waals surface area contributed by atoms with Crippen LogP contribution in [0.2, 0.25) is 0 Å². The molecule has 0 amide bonds. The molecule has 3 heterocycles. The van der Waals surface area contributed by atoms with Gasteiger partial charge in [-0.25, -0.2) is 4.98 Å². The number of aromatic nitrogens is 3. The molecular weight excluding hydrogens is 414 g/mol. The van der Waals surface area contributed by atoms with Crippen LogP contribution in [0.5, 0.6) is 5.75 Å². The predicted octanol–water partition coefficient (Wildman–Crippen LogP) is 3.34. The van der Waals surface area contributed by atoms with E-state index in [2.05, 4.69) is 49.7 Å². The quantitative estimate of drug-likeness (QED) is 0.398. The fraction of sp³-hybridized carbons (Fsp3) is 0.269. The maximum Gasteiger partial charge on any atom is 0.182 e. The molecule has 33 heavy (non-hydrogen) atoms. The second-order valence-corrected chi connectivity index (χ2v) is 8.65. The minimum absolute atomic E-state index is 0.0623. The predicted molar refractivity (Wildman–Crippen MR) is 128 cm³/mol. The number of nitrogens with one attached hydrogen (secondary N) is 2. The molecule has 1 saturated heterocycles. The van der Waals surface area contributed by atoms with E-state index < -0.39 is 0 Å². The van der Waals surface area contributed by atoms with E-state index >= 15 is 0 Å². The molecule has 1 aliphatic heterocycles. The standard InChI is InChI=1S/C26H27N5O2/c1-17-25-22(14-23(28-26(25)30-29-17)19-7-9-21(32)10-8-19)24(33)16-31-12-11-27-20(15-31)13-18-5-3-2-4-6-18/h2-10,14,20,27,32H,11-13,15-16H2,1H3,(H,28,29,30). The number of aromatic amines is 1. The van der Waals surface area contributed by atoms with E-state index in [4.69, 9.17) is 0 Å². The second kappa shape index (κ2) is 9.13. The van der Waals surface area contributed by atoms with Crippen LogP contribution in [0, 0.1) is 6.92 Å². The van der Waals surface area contributed by atoms with E-state index in [9.17, 15) is 9.90 Å². The molecule has 2 aromatic carbocycles. The number of aromatic hydroxyl groups is 1. The van der Waals surface area contributed by atoms with Gasteiger partial charge in [0.2, 0.25) is 0 Å². The van der Waals surface area contributed by atoms with Gasteiger partial charge in [0, 0.05) is 42.5 Å². The number of pyridine rings is 1. The maximum atomic E-state index is 13.5. The highest BCUT2D eigenvalue weighted by Gasteiger charge is 2.24. The summed E-state index contributed by atoms with van der Waals surface area (Å²) in [5.74, 6) is 0.253. The summed E-state index contributed by atoms with van der Waals surface area (Å²) in [6, 6.07) is 19.4. The van der Waals surface area contributed by atoms with Gasteiger partial charge in [0.05, 0.1) is 17.6 Å². The lowest BCUT2D eigenvalue weighted by molar-refractivity contribution is 0.0906. The molecule has 5 rings (SSSR count). The Labute approximate surface area is 192 Å². The van der Waals surface area contributed by atoms with E-state index in [0.717, 1.165) is 42.7 Å². The third kappa shape index (κ3) is 4.65. The van der Waals surface area contributed by atoms with Gasteiger partial charge in [-0.05, 0) is 49.2 Å². The van der Waals surface area contributed by atoms with Crippen molar-refractivity contribution in [1.82, 2.24) is 25.4 Å². The molecule has 1 atom stereocenters. The average Bonchev–Trinajstić information content (AvgIpc) is 3.20. The van der Waals surface area contributed by atoms with Gasteiger partial charge in [0.15, 0.2) is 11.4 Å². The van der Waals surface area contributed by atoms with E-state index in [1.54, 1.807) is 24.3 Å². The van der Waals surface area contributed by atoms with E-state index in [1.165, 1.54) is 5.56 Å². The lowest BCUT2D eigenvalue weighted by atomic mass is 10.0. The Bertz CT molecular complexity index is 1270. The number of aryl methyl sites for hydroxylation is 1. The number of nitrogens with zero attached hydrogens (tertiary/aromatic N) is 3. The van der Waals surface area contributed by atoms with Crippen molar-refractivity contribution in [3.63, 3.8) is 0 Å². The fourth-order valence-electron chi connectivity index (χ4n) is 4.54. The van der Waals surface area contributed by atoms with Crippen molar-refractivity contribution in [2.75, 3.05) is 26.2 Å². The molecule has 1 aliphatic rings. The number of rotatable bonds is 6. The van der Waals surface area contributed by atoms with Gasteiger partial charge in [0.25, 0.3) is 0 Å². The van der Waals surface area contributed by atoms with Crippen LogP contribution in [0.25, 0.3) is 22.3 Å². The van der Waals surface area contributed by atoms with Crippen LogP contribution in [0.15, 0.2) is 60.7 Å². The zero-order chi connectivity index (χ0) is 22.8. The largest absolute Gasteiger partial charge is 0.508 e. The number of carbonyl (C=O) groups is 1. The Morgan fingerprint density at radius 2 is 1.94 bits per heavy atom. The Hall–Kier alpha value is -3.55. The minimum atomic E-state index is 0.0623. The van der Waals surface area contributed by atoms with Crippen molar-refractivity contribution < 1.29 is 9.90 Å². The molecule has 1 unspecified atom stereocenters. The lowest BCUT2D eigenvalue weighted by Gasteiger charge is -2.33. The third-order valence-electron chi connectivity index (χ3n) is 6.20. The summed E-state index contributed by atoms with van der Waals surface area (Å²) in [4.78, 5) is 20.4. The van der Waals surface area contributed by atoms with E-state index in [1.807, 2.05) is 19.1 Å². The zero-order valence-corrected chi connectivity index (χ0v) is 18.6. The summed E-state index contributed by atoms with van der Waals surface area (Å²) < 4.78 is 0. The van der Waals surface area contributed by atoms with Gasteiger partial charge >= 0.3 is 0 Å². The van der Waals surface area contributed by atoms with Crippen molar-refractivity contribution in [3.05, 3.63) is 77.5 Å². The highest BCUT2D eigenvalue weighted by Crippen LogP contribution is 2.27. The summed E-state index contributed by atoms with van der Waals surface area (Å²) in [5, 5.41) is 21.3. The SMILES string of the molecule is Cc1[nH]nc2nc(-c3ccc(O)cc3)cc(C(=O)CN3CCNC(Cc4ccccc4)C3)c12. The van der Waals surface area contributed by atoms with Crippen LogP contribution in [-0.4, -0.2) is 63.2 Å².